The molecule has 0 saturated heterocycles. The number of nitro benzene ring substituents is 2. The van der Waals surface area contributed by atoms with Crippen molar-refractivity contribution in [2.75, 3.05) is 0 Å². The minimum absolute atomic E-state index is 0.102. The molecule has 9 nitrogen and oxygen atoms in total. The molecular weight excluding hydrogens is 496 g/mol. The zero-order valence-electron chi connectivity index (χ0n) is 19.7. The van der Waals surface area contributed by atoms with Gasteiger partial charge in [0.25, 0.3) is 5.69 Å². The van der Waals surface area contributed by atoms with Gasteiger partial charge in [-0.3, -0.25) is 20.2 Å². The number of halogens is 1. The minimum atomic E-state index is -0.724. The summed E-state index contributed by atoms with van der Waals surface area (Å²) < 4.78 is 7.67. The second-order valence-electron chi connectivity index (χ2n) is 8.10. The third-order valence-corrected chi connectivity index (χ3v) is 5.97. The molecule has 0 aliphatic rings. The second-order valence-corrected chi connectivity index (χ2v) is 8.54. The summed E-state index contributed by atoms with van der Waals surface area (Å²) in [7, 11) is 0. The van der Waals surface area contributed by atoms with Crippen LogP contribution in [0.3, 0.4) is 0 Å². The summed E-state index contributed by atoms with van der Waals surface area (Å²) in [5.74, 6) is 0.230. The molecule has 0 aliphatic heterocycles. The van der Waals surface area contributed by atoms with Gasteiger partial charge in [0.2, 0.25) is 5.75 Å². The van der Waals surface area contributed by atoms with E-state index >= 15 is 0 Å². The van der Waals surface area contributed by atoms with E-state index in [1.54, 1.807) is 48.5 Å². The molecule has 0 saturated carbocycles. The number of nitro groups is 2. The zero-order chi connectivity index (χ0) is 26.7. The molecule has 10 heteroatoms. The Balaban J connectivity index is 1.63. The van der Waals surface area contributed by atoms with Crippen molar-refractivity contribution in [2.45, 2.75) is 13.8 Å². The van der Waals surface area contributed by atoms with Crippen molar-refractivity contribution in [1.29, 1.82) is 5.26 Å². The van der Waals surface area contributed by atoms with Gasteiger partial charge in [0, 0.05) is 28.2 Å². The van der Waals surface area contributed by atoms with Crippen molar-refractivity contribution in [3.63, 3.8) is 0 Å². The van der Waals surface area contributed by atoms with Gasteiger partial charge >= 0.3 is 5.69 Å². The summed E-state index contributed by atoms with van der Waals surface area (Å²) in [6, 6.07) is 21.4. The summed E-state index contributed by atoms with van der Waals surface area (Å²) in [5.41, 5.74) is 3.94. The van der Waals surface area contributed by atoms with Crippen LogP contribution in [0.5, 0.6) is 11.5 Å². The number of non-ortho nitro benzene ring substituents is 1. The van der Waals surface area contributed by atoms with Crippen LogP contribution in [0, 0.1) is 45.4 Å². The van der Waals surface area contributed by atoms with E-state index in [-0.39, 0.29) is 5.75 Å². The minimum Gasteiger partial charge on any atom is -0.450 e. The van der Waals surface area contributed by atoms with Gasteiger partial charge in [-0.15, -0.1) is 0 Å². The monoisotopic (exact) mass is 514 g/mol. The number of benzene rings is 3. The van der Waals surface area contributed by atoms with E-state index in [4.69, 9.17) is 16.3 Å². The van der Waals surface area contributed by atoms with Crippen molar-refractivity contribution in [2.24, 2.45) is 0 Å². The van der Waals surface area contributed by atoms with E-state index in [0.717, 1.165) is 40.3 Å². The highest BCUT2D eigenvalue weighted by molar-refractivity contribution is 6.30. The smallest absolute Gasteiger partial charge is 0.318 e. The van der Waals surface area contributed by atoms with Crippen LogP contribution in [0.15, 0.2) is 72.8 Å². The van der Waals surface area contributed by atoms with Gasteiger partial charge in [-0.1, -0.05) is 23.7 Å². The number of aryl methyl sites for hydroxylation is 1. The second kappa shape index (κ2) is 10.4. The lowest BCUT2D eigenvalue weighted by Gasteiger charge is -2.11. The highest BCUT2D eigenvalue weighted by Gasteiger charge is 2.21. The Bertz CT molecular complexity index is 1580. The summed E-state index contributed by atoms with van der Waals surface area (Å²) in [6.07, 6.45) is 1.83. The Morgan fingerprint density at radius 2 is 1.65 bits per heavy atom. The molecule has 0 amide bonds. The predicted molar refractivity (Wildman–Crippen MR) is 140 cm³/mol. The van der Waals surface area contributed by atoms with Crippen molar-refractivity contribution < 1.29 is 14.6 Å². The molecule has 4 aromatic rings. The number of aromatic nitrogens is 1. The van der Waals surface area contributed by atoms with Crippen LogP contribution >= 0.6 is 11.6 Å². The maximum Gasteiger partial charge on any atom is 0.318 e. The van der Waals surface area contributed by atoms with Gasteiger partial charge in [-0.05, 0) is 79.6 Å². The number of rotatable bonds is 7. The van der Waals surface area contributed by atoms with Crippen LogP contribution in [0.25, 0.3) is 17.3 Å². The fraction of sp³-hybridized carbons (Fsp3) is 0.0741. The lowest BCUT2D eigenvalue weighted by atomic mass is 10.0. The Morgan fingerprint density at radius 1 is 0.973 bits per heavy atom. The van der Waals surface area contributed by atoms with Crippen molar-refractivity contribution >= 4 is 34.6 Å². The van der Waals surface area contributed by atoms with E-state index in [9.17, 15) is 25.5 Å². The molecule has 0 unspecified atom stereocenters. The van der Waals surface area contributed by atoms with Crippen LogP contribution in [0.2, 0.25) is 5.02 Å². The van der Waals surface area contributed by atoms with Crippen LogP contribution in [0.1, 0.15) is 22.5 Å². The van der Waals surface area contributed by atoms with Crippen LogP contribution in [0.4, 0.5) is 11.4 Å². The van der Waals surface area contributed by atoms with Gasteiger partial charge < -0.3 is 9.30 Å². The fourth-order valence-corrected chi connectivity index (χ4v) is 4.06. The summed E-state index contributed by atoms with van der Waals surface area (Å²) in [6.45, 7) is 3.89. The average molecular weight is 515 g/mol. The first kappa shape index (κ1) is 25.2. The fourth-order valence-electron chi connectivity index (χ4n) is 3.93. The number of hydrogen-bond acceptors (Lipinski definition) is 6. The van der Waals surface area contributed by atoms with Crippen LogP contribution in [-0.2, 0) is 0 Å². The van der Waals surface area contributed by atoms with Crippen molar-refractivity contribution in [1.82, 2.24) is 4.57 Å². The maximum atomic E-state index is 11.4. The zero-order valence-corrected chi connectivity index (χ0v) is 20.5. The topological polar surface area (TPSA) is 124 Å². The molecule has 0 fully saturated rings. The number of nitrogens with zero attached hydrogens (tertiary/aromatic N) is 4. The molecule has 1 aromatic heterocycles. The SMILES string of the molecule is Cc1cc(/C=C(/C#N)c2ccc(Cl)cc2)c(C)n1-c1ccc(Oc2ccc([N+](=O)[O-])cc2[N+](=O)[O-])cc1. The highest BCUT2D eigenvalue weighted by Crippen LogP contribution is 2.35. The summed E-state index contributed by atoms with van der Waals surface area (Å²) >= 11 is 5.96. The van der Waals surface area contributed by atoms with Crippen LogP contribution < -0.4 is 4.74 Å². The van der Waals surface area contributed by atoms with E-state index in [2.05, 4.69) is 6.07 Å². The van der Waals surface area contributed by atoms with Crippen LogP contribution in [-0.4, -0.2) is 14.4 Å². The molecule has 4 rings (SSSR count). The largest absolute Gasteiger partial charge is 0.450 e. The standard InChI is InChI=1S/C27H19ClN4O5/c1-17-13-20(14-21(16-29)19-3-5-22(28)6-4-19)18(2)30(17)23-7-10-25(11-8-23)37-27-12-9-24(31(33)34)15-26(27)32(35)36/h3-15H,1-2H3/b21-14-. The quantitative estimate of drug-likeness (QED) is 0.143. The lowest BCUT2D eigenvalue weighted by molar-refractivity contribution is -0.394. The Labute approximate surface area is 216 Å². The lowest BCUT2D eigenvalue weighted by Crippen LogP contribution is -1.99. The third kappa shape index (κ3) is 5.34. The molecule has 1 heterocycles. The Morgan fingerprint density at radius 3 is 2.24 bits per heavy atom. The third-order valence-electron chi connectivity index (χ3n) is 5.72. The first-order valence-electron chi connectivity index (χ1n) is 11.0. The highest BCUT2D eigenvalue weighted by atomic mass is 35.5. The maximum absolute atomic E-state index is 11.4. The predicted octanol–water partition coefficient (Wildman–Crippen LogP) is 7.42. The first-order valence-corrected chi connectivity index (χ1v) is 11.3. The number of allylic oxidation sites excluding steroid dienone is 1. The number of hydrogen-bond donors (Lipinski definition) is 0. The van der Waals surface area contributed by atoms with Gasteiger partial charge in [0.1, 0.15) is 5.75 Å². The van der Waals surface area contributed by atoms with Gasteiger partial charge in [-0.25, -0.2) is 0 Å². The van der Waals surface area contributed by atoms with E-state index in [1.165, 1.54) is 6.07 Å². The molecule has 3 aromatic carbocycles. The van der Waals surface area contributed by atoms with E-state index in [1.807, 2.05) is 30.6 Å². The molecule has 0 atom stereocenters. The van der Waals surface area contributed by atoms with Crippen molar-refractivity contribution in [3.05, 3.63) is 121 Å². The normalized spacial score (nSPS) is 11.1. The molecule has 184 valence electrons. The van der Waals surface area contributed by atoms with Crippen molar-refractivity contribution in [3.8, 4) is 23.3 Å². The summed E-state index contributed by atoms with van der Waals surface area (Å²) in [4.78, 5) is 20.9. The Hall–Kier alpha value is -4.94. The Kier molecular flexibility index (Phi) is 7.04. The first-order chi connectivity index (χ1) is 17.7. The van der Waals surface area contributed by atoms with E-state index < -0.39 is 21.2 Å². The molecular formula is C27H19ClN4O5. The molecule has 0 N–H and O–H groups in total. The summed E-state index contributed by atoms with van der Waals surface area (Å²) in [5, 5.41) is 32.6. The van der Waals surface area contributed by atoms with Gasteiger partial charge in [0.15, 0.2) is 0 Å². The number of nitriles is 1. The van der Waals surface area contributed by atoms with Gasteiger partial charge in [-0.2, -0.15) is 5.26 Å². The molecule has 0 aliphatic carbocycles. The molecule has 0 radical (unpaired) electrons. The number of ether oxygens (including phenoxy) is 1. The molecule has 0 bridgehead atoms. The van der Waals surface area contributed by atoms with E-state index in [0.29, 0.717) is 16.3 Å². The molecule has 0 spiro atoms. The average Bonchev–Trinajstić information content (AvgIpc) is 3.16. The molecule has 37 heavy (non-hydrogen) atoms. The van der Waals surface area contributed by atoms with Gasteiger partial charge in [0.05, 0.1) is 27.6 Å².